The lowest BCUT2D eigenvalue weighted by molar-refractivity contribution is -0.311. The first-order valence-electron chi connectivity index (χ1n) is 3.83. The molecular weight excluding hydrogens is 148 g/mol. The Morgan fingerprint density at radius 2 is 1.73 bits per heavy atom. The summed E-state index contributed by atoms with van der Waals surface area (Å²) in [7, 11) is 0. The maximum Gasteiger partial charge on any atom is 0.159 e. The lowest BCUT2D eigenvalue weighted by Crippen LogP contribution is -2.19. The summed E-state index contributed by atoms with van der Waals surface area (Å²) in [5, 5.41) is 9.63. The van der Waals surface area contributed by atoms with E-state index < -0.39 is 0 Å². The summed E-state index contributed by atoms with van der Waals surface area (Å²) in [5.41, 5.74) is 0. The van der Waals surface area contributed by atoms with Gasteiger partial charge in [-0.2, -0.15) is 0 Å². The van der Waals surface area contributed by atoms with Crippen LogP contribution in [0.2, 0.25) is 0 Å². The van der Waals surface area contributed by atoms with Crippen molar-refractivity contribution in [2.75, 3.05) is 19.8 Å². The van der Waals surface area contributed by atoms with Crippen LogP contribution in [0.4, 0.5) is 0 Å². The van der Waals surface area contributed by atoms with Crippen molar-refractivity contribution < 1.29 is 19.6 Å². The van der Waals surface area contributed by atoms with E-state index in [2.05, 4.69) is 4.89 Å². The predicted octanol–water partition coefficient (Wildman–Crippen LogP) is 1.14. The average molecular weight is 163 g/mol. The van der Waals surface area contributed by atoms with Gasteiger partial charge in [0.05, 0.1) is 6.61 Å². The molecule has 4 nitrogen and oxygen atoms in total. The second-order valence-corrected chi connectivity index (χ2v) is 1.95. The van der Waals surface area contributed by atoms with E-state index in [1.165, 1.54) is 0 Å². The zero-order valence-electron chi connectivity index (χ0n) is 7.04. The molecule has 67 valence electrons. The molecule has 0 rings (SSSR count). The molecule has 0 saturated carbocycles. The maximum atomic E-state index is 9.63. The van der Waals surface area contributed by atoms with Crippen molar-refractivity contribution in [3.8, 4) is 0 Å². The first kappa shape index (κ1) is 10.8. The van der Waals surface area contributed by atoms with Gasteiger partial charge in [-0.05, 0) is 19.1 Å². The van der Waals surface area contributed by atoms with Gasteiger partial charge in [-0.1, -0.05) is 0 Å². The third-order valence-electron chi connectivity index (χ3n) is 1.14. The van der Waals surface area contributed by atoms with Gasteiger partial charge in [-0.3, -0.25) is 0 Å². The van der Waals surface area contributed by atoms with Crippen LogP contribution < -0.4 is 0 Å². The Balaban J connectivity index is 3.34. The third kappa shape index (κ3) is 6.25. The van der Waals surface area contributed by atoms with E-state index in [4.69, 9.17) is 9.47 Å². The quantitative estimate of drug-likeness (QED) is 0.321. The molecule has 0 aromatic heterocycles. The van der Waals surface area contributed by atoms with Gasteiger partial charge in [-0.25, -0.2) is 4.89 Å². The van der Waals surface area contributed by atoms with Crippen LogP contribution in [-0.4, -0.2) is 26.1 Å². The molecule has 0 aliphatic rings. The lowest BCUT2D eigenvalue weighted by atomic mass is 10.4. The van der Waals surface area contributed by atoms with Crippen LogP contribution in [0, 0.1) is 0 Å². The van der Waals surface area contributed by atoms with E-state index in [0.29, 0.717) is 19.6 Å². The molecule has 0 unspecified atom stereocenters. The van der Waals surface area contributed by atoms with Crippen molar-refractivity contribution in [1.29, 1.82) is 0 Å². The van der Waals surface area contributed by atoms with Gasteiger partial charge in [0.15, 0.2) is 6.29 Å². The number of ether oxygens (including phenoxy) is 2. The highest BCUT2D eigenvalue weighted by Gasteiger charge is 2.06. The molecule has 0 aromatic rings. The van der Waals surface area contributed by atoms with Crippen LogP contribution in [0.15, 0.2) is 0 Å². The highest BCUT2D eigenvalue weighted by molar-refractivity contribution is 4.42. The van der Waals surface area contributed by atoms with Gasteiger partial charge < -0.3 is 9.47 Å². The smallest absolute Gasteiger partial charge is 0.159 e. The predicted molar refractivity (Wildman–Crippen MR) is 38.3 cm³/mol. The highest BCUT2D eigenvalue weighted by atomic mass is 17.1. The standard InChI is InChI=1S/C7H15O4/c1-3-9-7(10-4-2)5-6-11-8/h7H,3-6H2,1-2H3. The largest absolute Gasteiger partial charge is 0.353 e. The molecule has 0 aromatic carbocycles. The van der Waals surface area contributed by atoms with Crippen molar-refractivity contribution in [1.82, 2.24) is 0 Å². The van der Waals surface area contributed by atoms with Crippen LogP contribution in [-0.2, 0) is 19.6 Å². The second kappa shape index (κ2) is 7.94. The van der Waals surface area contributed by atoms with Crippen molar-refractivity contribution in [2.45, 2.75) is 26.6 Å². The van der Waals surface area contributed by atoms with Gasteiger partial charge in [-0.15, -0.1) is 0 Å². The Kier molecular flexibility index (Phi) is 7.83. The van der Waals surface area contributed by atoms with Gasteiger partial charge in [0.25, 0.3) is 0 Å². The minimum absolute atomic E-state index is 0.130. The molecule has 0 atom stereocenters. The maximum absolute atomic E-state index is 9.63. The van der Waals surface area contributed by atoms with Gasteiger partial charge in [0.2, 0.25) is 0 Å². The molecule has 0 spiro atoms. The monoisotopic (exact) mass is 163 g/mol. The minimum Gasteiger partial charge on any atom is -0.353 e. The Morgan fingerprint density at radius 1 is 1.18 bits per heavy atom. The molecule has 0 aliphatic heterocycles. The molecule has 0 aliphatic carbocycles. The number of hydrogen-bond donors (Lipinski definition) is 0. The van der Waals surface area contributed by atoms with E-state index in [1.54, 1.807) is 0 Å². The fourth-order valence-electron chi connectivity index (χ4n) is 0.731. The third-order valence-corrected chi connectivity index (χ3v) is 1.14. The van der Waals surface area contributed by atoms with E-state index in [-0.39, 0.29) is 12.9 Å². The number of hydrogen-bond acceptors (Lipinski definition) is 3. The summed E-state index contributed by atoms with van der Waals surface area (Å²) in [6.45, 7) is 5.06. The van der Waals surface area contributed by atoms with E-state index in [9.17, 15) is 5.26 Å². The molecule has 1 radical (unpaired) electrons. The second-order valence-electron chi connectivity index (χ2n) is 1.95. The summed E-state index contributed by atoms with van der Waals surface area (Å²) in [6.07, 6.45) is 0.199. The topological polar surface area (TPSA) is 47.6 Å². The van der Waals surface area contributed by atoms with E-state index >= 15 is 0 Å². The van der Waals surface area contributed by atoms with Crippen molar-refractivity contribution >= 4 is 0 Å². The van der Waals surface area contributed by atoms with Crippen LogP contribution >= 0.6 is 0 Å². The zero-order valence-corrected chi connectivity index (χ0v) is 7.04. The first-order chi connectivity index (χ1) is 5.35. The van der Waals surface area contributed by atoms with Crippen molar-refractivity contribution in [3.63, 3.8) is 0 Å². The Morgan fingerprint density at radius 3 is 2.09 bits per heavy atom. The Bertz CT molecular complexity index is 70.8. The molecule has 0 bridgehead atoms. The summed E-state index contributed by atoms with van der Waals surface area (Å²) < 4.78 is 10.3. The number of rotatable bonds is 7. The summed E-state index contributed by atoms with van der Waals surface area (Å²) in [4.78, 5) is 3.65. The van der Waals surface area contributed by atoms with Crippen LogP contribution in [0.1, 0.15) is 20.3 Å². The molecule has 0 N–H and O–H groups in total. The molecule has 0 heterocycles. The molecule has 0 saturated heterocycles. The highest BCUT2D eigenvalue weighted by Crippen LogP contribution is 2.00. The molecule has 0 fully saturated rings. The Hall–Kier alpha value is -0.160. The summed E-state index contributed by atoms with van der Waals surface area (Å²) in [5.74, 6) is 0. The lowest BCUT2D eigenvalue weighted by Gasteiger charge is -2.15. The molecular formula is C7H15O4. The minimum atomic E-state index is -0.293. The summed E-state index contributed by atoms with van der Waals surface area (Å²) in [6, 6.07) is 0. The molecule has 4 heteroatoms. The average Bonchev–Trinajstić information content (AvgIpc) is 2.01. The van der Waals surface area contributed by atoms with Crippen molar-refractivity contribution in [3.05, 3.63) is 0 Å². The van der Waals surface area contributed by atoms with Crippen LogP contribution in [0.25, 0.3) is 0 Å². The van der Waals surface area contributed by atoms with E-state index in [1.807, 2.05) is 13.8 Å². The molecule has 0 amide bonds. The van der Waals surface area contributed by atoms with Gasteiger partial charge >= 0.3 is 0 Å². The fraction of sp³-hybridized carbons (Fsp3) is 1.00. The molecule has 11 heavy (non-hydrogen) atoms. The normalized spacial score (nSPS) is 10.9. The van der Waals surface area contributed by atoms with Gasteiger partial charge in [0.1, 0.15) is 0 Å². The SMILES string of the molecule is CCOC(CCO[O])OCC. The van der Waals surface area contributed by atoms with Crippen molar-refractivity contribution in [2.24, 2.45) is 0 Å². The van der Waals surface area contributed by atoms with Crippen LogP contribution in [0.3, 0.4) is 0 Å². The zero-order chi connectivity index (χ0) is 8.53. The first-order valence-corrected chi connectivity index (χ1v) is 3.83. The van der Waals surface area contributed by atoms with Crippen LogP contribution in [0.5, 0.6) is 0 Å². The fourth-order valence-corrected chi connectivity index (χ4v) is 0.731. The van der Waals surface area contributed by atoms with E-state index in [0.717, 1.165) is 0 Å². The summed E-state index contributed by atoms with van der Waals surface area (Å²) >= 11 is 0. The Labute approximate surface area is 67.0 Å². The van der Waals surface area contributed by atoms with Gasteiger partial charge in [0, 0.05) is 19.6 Å².